The first-order valence-corrected chi connectivity index (χ1v) is 15.0. The number of amides is 2. The van der Waals surface area contributed by atoms with Crippen LogP contribution in [-0.4, -0.2) is 50.9 Å². The van der Waals surface area contributed by atoms with Gasteiger partial charge in [-0.25, -0.2) is 8.42 Å². The number of nitrogens with one attached hydrogen (secondary N) is 1. The lowest BCUT2D eigenvalue weighted by atomic mass is 10.1. The molecule has 0 aromatic heterocycles. The zero-order chi connectivity index (χ0) is 29.3. The Balaban J connectivity index is 2.03. The van der Waals surface area contributed by atoms with E-state index in [2.05, 4.69) is 5.32 Å². The van der Waals surface area contributed by atoms with Crippen molar-refractivity contribution in [1.29, 1.82) is 0 Å². The molecular weight excluding hydrogens is 550 g/mol. The molecule has 0 heterocycles. The fourth-order valence-electron chi connectivity index (χ4n) is 4.09. The van der Waals surface area contributed by atoms with Crippen molar-refractivity contribution in [3.63, 3.8) is 0 Å². The van der Waals surface area contributed by atoms with Crippen molar-refractivity contribution in [1.82, 2.24) is 10.2 Å². The van der Waals surface area contributed by atoms with Crippen LogP contribution in [0.5, 0.6) is 5.75 Å². The second kappa shape index (κ2) is 14.2. The average molecular weight is 586 g/mol. The van der Waals surface area contributed by atoms with E-state index in [1.54, 1.807) is 31.2 Å². The Labute approximate surface area is 241 Å². The van der Waals surface area contributed by atoms with Crippen molar-refractivity contribution in [2.75, 3.05) is 24.0 Å². The molecule has 0 aliphatic heterocycles. The molecule has 2 amide bonds. The minimum absolute atomic E-state index is 0.0159. The Morgan fingerprint density at radius 2 is 1.62 bits per heavy atom. The summed E-state index contributed by atoms with van der Waals surface area (Å²) in [5, 5.41) is 3.23. The third kappa shape index (κ3) is 7.76. The highest BCUT2D eigenvalue weighted by Gasteiger charge is 2.32. The SMILES string of the molecule is CCCNC(=O)[C@H](C)N(Cc1ccccc1C)C(=O)CN(c1ccc(OCC)cc1)S(=O)(=O)c1ccc(Cl)cc1. The van der Waals surface area contributed by atoms with Crippen LogP contribution < -0.4 is 14.4 Å². The minimum atomic E-state index is -4.18. The number of hydrogen-bond donors (Lipinski definition) is 1. The molecule has 0 aliphatic carbocycles. The first-order chi connectivity index (χ1) is 19.1. The molecule has 0 saturated carbocycles. The third-order valence-electron chi connectivity index (χ3n) is 6.43. The Morgan fingerprint density at radius 1 is 0.975 bits per heavy atom. The number of rotatable bonds is 13. The lowest BCUT2D eigenvalue weighted by Gasteiger charge is -2.32. The van der Waals surface area contributed by atoms with Crippen LogP contribution in [0.3, 0.4) is 0 Å². The smallest absolute Gasteiger partial charge is 0.264 e. The summed E-state index contributed by atoms with van der Waals surface area (Å²) in [6.07, 6.45) is 0.745. The molecule has 0 saturated heterocycles. The number of carbonyl (C=O) groups is 2. The number of nitrogens with zero attached hydrogens (tertiary/aromatic N) is 2. The van der Waals surface area contributed by atoms with Gasteiger partial charge in [0.1, 0.15) is 18.3 Å². The molecule has 8 nitrogen and oxygen atoms in total. The van der Waals surface area contributed by atoms with Gasteiger partial charge in [0.25, 0.3) is 10.0 Å². The first-order valence-electron chi connectivity index (χ1n) is 13.2. The lowest BCUT2D eigenvalue weighted by Crippen LogP contribution is -2.51. The van der Waals surface area contributed by atoms with Gasteiger partial charge >= 0.3 is 0 Å². The number of hydrogen-bond acceptors (Lipinski definition) is 5. The highest BCUT2D eigenvalue weighted by atomic mass is 35.5. The Kier molecular flexibility index (Phi) is 11.0. The van der Waals surface area contributed by atoms with Crippen molar-refractivity contribution < 1.29 is 22.7 Å². The molecule has 3 rings (SSSR count). The van der Waals surface area contributed by atoms with Crippen LogP contribution in [0.4, 0.5) is 5.69 Å². The van der Waals surface area contributed by atoms with E-state index in [0.717, 1.165) is 21.9 Å². The van der Waals surface area contributed by atoms with Crippen molar-refractivity contribution in [3.05, 3.63) is 88.9 Å². The Hall–Kier alpha value is -3.56. The first kappa shape index (κ1) is 31.0. The Bertz CT molecular complexity index is 1400. The number of halogens is 1. The van der Waals surface area contributed by atoms with E-state index in [4.69, 9.17) is 16.3 Å². The van der Waals surface area contributed by atoms with Crippen LogP contribution in [0.15, 0.2) is 77.7 Å². The van der Waals surface area contributed by atoms with E-state index in [1.807, 2.05) is 45.0 Å². The summed E-state index contributed by atoms with van der Waals surface area (Å²) in [4.78, 5) is 28.3. The highest BCUT2D eigenvalue weighted by molar-refractivity contribution is 7.92. The molecule has 3 aromatic carbocycles. The molecular formula is C30H36ClN3O5S. The van der Waals surface area contributed by atoms with Gasteiger partial charge in [-0.05, 0) is 86.8 Å². The number of sulfonamides is 1. The number of carbonyl (C=O) groups excluding carboxylic acids is 2. The minimum Gasteiger partial charge on any atom is -0.494 e. The molecule has 3 aromatic rings. The second-order valence-corrected chi connectivity index (χ2v) is 11.6. The van der Waals surface area contributed by atoms with E-state index >= 15 is 0 Å². The van der Waals surface area contributed by atoms with Gasteiger partial charge < -0.3 is 15.0 Å². The molecule has 0 bridgehead atoms. The van der Waals surface area contributed by atoms with Gasteiger partial charge in [-0.3, -0.25) is 13.9 Å². The summed E-state index contributed by atoms with van der Waals surface area (Å²) in [6.45, 7) is 7.92. The number of aryl methyl sites for hydroxylation is 1. The molecule has 0 aliphatic rings. The standard InChI is InChI=1S/C30H36ClN3O5S/c1-5-19-32-30(36)23(4)33(20-24-10-8-7-9-22(24)3)29(35)21-34(26-13-15-27(16-14-26)39-6-2)40(37,38)28-17-11-25(31)12-18-28/h7-18,23H,5-6,19-21H2,1-4H3,(H,32,36)/t23-/m0/s1. The van der Waals surface area contributed by atoms with Crippen molar-refractivity contribution in [3.8, 4) is 5.75 Å². The quantitative estimate of drug-likeness (QED) is 0.298. The average Bonchev–Trinajstić information content (AvgIpc) is 2.94. The number of anilines is 1. The van der Waals surface area contributed by atoms with Crippen LogP contribution >= 0.6 is 11.6 Å². The fraction of sp³-hybridized carbons (Fsp3) is 0.333. The summed E-state index contributed by atoms with van der Waals surface area (Å²) in [7, 11) is -4.18. The van der Waals surface area contributed by atoms with Crippen LogP contribution in [0.2, 0.25) is 5.02 Å². The zero-order valence-corrected chi connectivity index (χ0v) is 24.8. The summed E-state index contributed by atoms with van der Waals surface area (Å²) >= 11 is 6.00. The molecule has 40 heavy (non-hydrogen) atoms. The maximum absolute atomic E-state index is 14.0. The molecule has 0 unspecified atom stereocenters. The zero-order valence-electron chi connectivity index (χ0n) is 23.3. The summed E-state index contributed by atoms with van der Waals surface area (Å²) in [5.41, 5.74) is 2.10. The third-order valence-corrected chi connectivity index (χ3v) is 8.47. The molecule has 214 valence electrons. The monoisotopic (exact) mass is 585 g/mol. The molecule has 1 N–H and O–H groups in total. The van der Waals surface area contributed by atoms with Gasteiger partial charge in [-0.1, -0.05) is 42.8 Å². The largest absolute Gasteiger partial charge is 0.494 e. The summed E-state index contributed by atoms with van der Waals surface area (Å²) < 4.78 is 34.3. The predicted molar refractivity (Wildman–Crippen MR) is 158 cm³/mol. The van der Waals surface area contributed by atoms with E-state index < -0.39 is 28.5 Å². The maximum atomic E-state index is 14.0. The topological polar surface area (TPSA) is 96.0 Å². The van der Waals surface area contributed by atoms with Gasteiger partial charge in [-0.15, -0.1) is 0 Å². The van der Waals surface area contributed by atoms with Crippen LogP contribution in [0, 0.1) is 6.92 Å². The Morgan fingerprint density at radius 3 is 2.23 bits per heavy atom. The molecule has 0 fully saturated rings. The molecule has 0 spiro atoms. The van der Waals surface area contributed by atoms with E-state index in [1.165, 1.54) is 29.2 Å². The normalized spacial score (nSPS) is 11.9. The van der Waals surface area contributed by atoms with E-state index in [-0.39, 0.29) is 23.0 Å². The van der Waals surface area contributed by atoms with E-state index in [9.17, 15) is 18.0 Å². The van der Waals surface area contributed by atoms with Crippen LogP contribution in [0.1, 0.15) is 38.3 Å². The van der Waals surface area contributed by atoms with Gasteiger partial charge in [0.05, 0.1) is 17.2 Å². The van der Waals surface area contributed by atoms with Crippen LogP contribution in [0.25, 0.3) is 0 Å². The summed E-state index contributed by atoms with van der Waals surface area (Å²) in [5.74, 6) is -0.255. The molecule has 10 heteroatoms. The van der Waals surface area contributed by atoms with Gasteiger partial charge in [0, 0.05) is 18.1 Å². The van der Waals surface area contributed by atoms with Crippen LogP contribution in [-0.2, 0) is 26.2 Å². The van der Waals surface area contributed by atoms with Gasteiger partial charge in [-0.2, -0.15) is 0 Å². The van der Waals surface area contributed by atoms with Gasteiger partial charge in [0.2, 0.25) is 11.8 Å². The van der Waals surface area contributed by atoms with Crippen molar-refractivity contribution in [2.24, 2.45) is 0 Å². The lowest BCUT2D eigenvalue weighted by molar-refractivity contribution is -0.139. The molecule has 1 atom stereocenters. The molecule has 0 radical (unpaired) electrons. The van der Waals surface area contributed by atoms with Crippen molar-refractivity contribution in [2.45, 2.75) is 51.6 Å². The van der Waals surface area contributed by atoms with Gasteiger partial charge in [0.15, 0.2) is 0 Å². The summed E-state index contributed by atoms with van der Waals surface area (Å²) in [6, 6.07) is 19.0. The highest BCUT2D eigenvalue weighted by Crippen LogP contribution is 2.27. The number of ether oxygens (including phenoxy) is 1. The van der Waals surface area contributed by atoms with Crippen molar-refractivity contribution >= 4 is 39.1 Å². The fourth-order valence-corrected chi connectivity index (χ4v) is 5.63. The maximum Gasteiger partial charge on any atom is 0.264 e. The predicted octanol–water partition coefficient (Wildman–Crippen LogP) is 5.19. The number of benzene rings is 3. The second-order valence-electron chi connectivity index (χ2n) is 9.31. The van der Waals surface area contributed by atoms with E-state index in [0.29, 0.717) is 23.9 Å².